The zero-order chi connectivity index (χ0) is 18.5. The van der Waals surface area contributed by atoms with Crippen molar-refractivity contribution in [1.82, 2.24) is 4.90 Å². The Morgan fingerprint density at radius 3 is 2.81 bits per heavy atom. The summed E-state index contributed by atoms with van der Waals surface area (Å²) in [5.74, 6) is 1.63. The number of hydrogen-bond donors (Lipinski definition) is 2. The van der Waals surface area contributed by atoms with Crippen LogP contribution in [0.3, 0.4) is 0 Å². The van der Waals surface area contributed by atoms with Gasteiger partial charge in [-0.2, -0.15) is 5.53 Å². The highest BCUT2D eigenvalue weighted by Gasteiger charge is 2.43. The Labute approximate surface area is 153 Å². The molecule has 2 aliphatic rings. The number of halogens is 1. The Hall–Kier alpha value is -2.46. The predicted octanol–water partition coefficient (Wildman–Crippen LogP) is 3.64. The highest BCUT2D eigenvalue weighted by Crippen LogP contribution is 2.48. The summed E-state index contributed by atoms with van der Waals surface area (Å²) in [5, 5.41) is 11.3. The van der Waals surface area contributed by atoms with E-state index in [9.17, 15) is 4.39 Å². The van der Waals surface area contributed by atoms with Gasteiger partial charge in [0.1, 0.15) is 12.2 Å². The Kier molecular flexibility index (Phi) is 5.84. The summed E-state index contributed by atoms with van der Waals surface area (Å²) in [7, 11) is 0. The first-order valence-electron chi connectivity index (χ1n) is 8.90. The molecular weight excluding hydrogens is 333 g/mol. The number of ether oxygens (including phenoxy) is 1. The van der Waals surface area contributed by atoms with E-state index in [1.165, 1.54) is 12.5 Å². The molecule has 3 rings (SSSR count). The van der Waals surface area contributed by atoms with Crippen molar-refractivity contribution in [3.63, 3.8) is 0 Å². The first-order chi connectivity index (χ1) is 12.7. The molecule has 1 aliphatic carbocycles. The van der Waals surface area contributed by atoms with Crippen LogP contribution in [0, 0.1) is 47.0 Å². The topological polar surface area (TPSA) is 75.8 Å². The van der Waals surface area contributed by atoms with Crippen molar-refractivity contribution < 1.29 is 9.13 Å². The van der Waals surface area contributed by atoms with Crippen LogP contribution in [0.2, 0.25) is 0 Å². The summed E-state index contributed by atoms with van der Waals surface area (Å²) in [5.41, 5.74) is 7.77. The van der Waals surface area contributed by atoms with Gasteiger partial charge in [-0.05, 0) is 43.1 Å². The highest BCUT2D eigenvalue weighted by atomic mass is 19.1. The number of likely N-dealkylation sites (tertiary alicyclic amines) is 1. The second kappa shape index (κ2) is 8.28. The number of piperidine rings is 1. The van der Waals surface area contributed by atoms with Gasteiger partial charge in [-0.3, -0.25) is 5.41 Å². The van der Waals surface area contributed by atoms with Crippen LogP contribution in [0.1, 0.15) is 24.8 Å². The van der Waals surface area contributed by atoms with Crippen molar-refractivity contribution in [2.75, 3.05) is 24.7 Å². The number of nitrogens with one attached hydrogen (secondary N) is 2. The van der Waals surface area contributed by atoms with Crippen molar-refractivity contribution in [2.45, 2.75) is 25.9 Å². The van der Waals surface area contributed by atoms with E-state index in [0.717, 1.165) is 49.1 Å². The van der Waals surface area contributed by atoms with Crippen molar-refractivity contribution in [3.8, 4) is 12.5 Å². The zero-order valence-corrected chi connectivity index (χ0v) is 14.7. The smallest absolute Gasteiger partial charge is 0.130 e. The third kappa shape index (κ3) is 4.20. The predicted molar refractivity (Wildman–Crippen MR) is 97.2 cm³/mol. The van der Waals surface area contributed by atoms with Crippen LogP contribution in [-0.4, -0.2) is 30.9 Å². The molecule has 6 nitrogen and oxygen atoms in total. The molecule has 1 aromatic rings. The summed E-state index contributed by atoms with van der Waals surface area (Å²) < 4.78 is 19.9. The van der Waals surface area contributed by atoms with Crippen molar-refractivity contribution in [1.29, 1.82) is 10.9 Å². The van der Waals surface area contributed by atoms with E-state index in [2.05, 4.69) is 11.3 Å². The molecule has 0 aromatic heterocycles. The van der Waals surface area contributed by atoms with Gasteiger partial charge in [-0.15, -0.1) is 0 Å². The molecule has 0 spiro atoms. The van der Waals surface area contributed by atoms with Crippen LogP contribution in [0.4, 0.5) is 10.1 Å². The van der Waals surface area contributed by atoms with Crippen LogP contribution >= 0.6 is 0 Å². The zero-order valence-electron chi connectivity index (χ0n) is 14.7. The molecule has 1 aromatic carbocycles. The molecule has 0 amide bonds. The fourth-order valence-electron chi connectivity index (χ4n) is 3.77. The number of anilines is 1. The minimum Gasteiger partial charge on any atom is -0.376 e. The van der Waals surface area contributed by atoms with Crippen molar-refractivity contribution in [3.05, 3.63) is 29.6 Å². The molecular formula is C19H24FN5O. The lowest BCUT2D eigenvalue weighted by Crippen LogP contribution is -2.30. The lowest BCUT2D eigenvalue weighted by molar-refractivity contribution is 0.100. The minimum absolute atomic E-state index is 0.230. The first kappa shape index (κ1) is 18.3. The molecule has 0 radical (unpaired) electrons. The summed E-state index contributed by atoms with van der Waals surface area (Å²) >= 11 is 0. The van der Waals surface area contributed by atoms with Gasteiger partial charge in [0.25, 0.3) is 0 Å². The van der Waals surface area contributed by atoms with Crippen LogP contribution in [0.25, 0.3) is 0 Å². The van der Waals surface area contributed by atoms with Crippen molar-refractivity contribution in [2.24, 2.45) is 23.0 Å². The van der Waals surface area contributed by atoms with E-state index in [-0.39, 0.29) is 6.61 Å². The molecule has 138 valence electrons. The van der Waals surface area contributed by atoms with Crippen molar-refractivity contribution >= 4 is 12.0 Å². The number of hydrogen-bond acceptors (Lipinski definition) is 5. The van der Waals surface area contributed by atoms with Crippen LogP contribution < -0.4 is 5.01 Å². The third-order valence-corrected chi connectivity index (χ3v) is 5.43. The molecule has 2 fully saturated rings. The molecule has 2 atom stereocenters. The average molecular weight is 357 g/mol. The van der Waals surface area contributed by atoms with E-state index in [4.69, 9.17) is 22.1 Å². The largest absolute Gasteiger partial charge is 0.376 e. The van der Waals surface area contributed by atoms with Gasteiger partial charge in [0, 0.05) is 30.8 Å². The summed E-state index contributed by atoms with van der Waals surface area (Å²) in [6.45, 7) is 2.86. The Morgan fingerprint density at radius 2 is 2.19 bits per heavy atom. The van der Waals surface area contributed by atoms with Gasteiger partial charge in [-0.25, -0.2) is 9.40 Å². The fourth-order valence-corrected chi connectivity index (χ4v) is 3.77. The minimum atomic E-state index is -0.410. The second-order valence-corrected chi connectivity index (χ2v) is 6.98. The molecule has 26 heavy (non-hydrogen) atoms. The maximum atomic E-state index is 14.2. The molecule has 1 saturated heterocycles. The van der Waals surface area contributed by atoms with Gasteiger partial charge in [0.15, 0.2) is 0 Å². The maximum Gasteiger partial charge on any atom is 0.130 e. The third-order valence-electron chi connectivity index (χ3n) is 5.43. The molecule has 1 heterocycles. The molecule has 2 N–H and O–H groups in total. The summed E-state index contributed by atoms with van der Waals surface area (Å²) in [6, 6.07) is 7.22. The Bertz CT molecular complexity index is 688. The molecule has 7 heteroatoms. The van der Waals surface area contributed by atoms with Crippen LogP contribution in [0.5, 0.6) is 0 Å². The lowest BCUT2D eigenvalue weighted by atomic mass is 9.91. The molecule has 1 aliphatic heterocycles. The van der Waals surface area contributed by atoms with E-state index in [1.54, 1.807) is 12.1 Å². The van der Waals surface area contributed by atoms with Gasteiger partial charge < -0.3 is 9.64 Å². The van der Waals surface area contributed by atoms with Crippen LogP contribution in [0.15, 0.2) is 23.4 Å². The quantitative estimate of drug-likeness (QED) is 0.245. The number of rotatable bonds is 8. The van der Waals surface area contributed by atoms with Crippen LogP contribution in [-0.2, 0) is 11.3 Å². The monoisotopic (exact) mass is 357 g/mol. The van der Waals surface area contributed by atoms with E-state index < -0.39 is 5.82 Å². The van der Waals surface area contributed by atoms with E-state index >= 15 is 0 Å². The highest BCUT2D eigenvalue weighted by molar-refractivity contribution is 5.75. The second-order valence-electron chi connectivity index (χ2n) is 6.98. The van der Waals surface area contributed by atoms with Gasteiger partial charge in [0.05, 0.1) is 18.9 Å². The number of nitrogens with zero attached hydrogens (tertiary/aromatic N) is 3. The van der Waals surface area contributed by atoms with Gasteiger partial charge >= 0.3 is 0 Å². The standard InChI is InChI=1S/C19H24FN5O/c1-2-24-7-5-14(6-8-24)18-9-16(18)12-26-11-15-3-4-17(10-19(15)20)25(13-21)23-22/h1,3-4,10,13-14,16,18,21-22H,5-9,11-12H2. The summed E-state index contributed by atoms with van der Waals surface area (Å²) in [4.78, 5) is 2.05. The Balaban J connectivity index is 1.43. The average Bonchev–Trinajstić information content (AvgIpc) is 3.44. The van der Waals surface area contributed by atoms with E-state index in [1.807, 2.05) is 4.90 Å². The number of terminal acetylenes is 1. The maximum absolute atomic E-state index is 14.2. The van der Waals surface area contributed by atoms with Gasteiger partial charge in [0.2, 0.25) is 0 Å². The lowest BCUT2D eigenvalue weighted by Gasteiger charge is -2.29. The Morgan fingerprint density at radius 1 is 1.42 bits per heavy atom. The fraction of sp³-hybridized carbons (Fsp3) is 0.526. The normalized spacial score (nSPS) is 22.5. The van der Waals surface area contributed by atoms with E-state index in [0.29, 0.717) is 23.8 Å². The molecule has 1 saturated carbocycles. The number of benzene rings is 1. The summed E-state index contributed by atoms with van der Waals surface area (Å²) in [6.07, 6.45) is 9.81. The van der Waals surface area contributed by atoms with Gasteiger partial charge in [-0.1, -0.05) is 17.7 Å². The SMILES string of the molecule is C#CN1CCC(C2CC2COCc2ccc(N(C=N)N=N)cc2F)CC1. The molecule has 2 unspecified atom stereocenters. The molecule has 0 bridgehead atoms. The first-order valence-corrected chi connectivity index (χ1v) is 8.90.